The van der Waals surface area contributed by atoms with Crippen LogP contribution < -0.4 is 5.32 Å². The Morgan fingerprint density at radius 2 is 2.40 bits per heavy atom. The Labute approximate surface area is 90.3 Å². The molecule has 0 radical (unpaired) electrons. The van der Waals surface area contributed by atoms with E-state index in [0.29, 0.717) is 17.9 Å². The molecule has 2 atom stereocenters. The van der Waals surface area contributed by atoms with Gasteiger partial charge in [0.15, 0.2) is 0 Å². The summed E-state index contributed by atoms with van der Waals surface area (Å²) in [5.74, 6) is 0.761. The van der Waals surface area contributed by atoms with E-state index in [9.17, 15) is 5.11 Å². The predicted octanol–water partition coefficient (Wildman–Crippen LogP) is 0.759. The third-order valence-electron chi connectivity index (χ3n) is 3.15. The van der Waals surface area contributed by atoms with Crippen LogP contribution in [0.1, 0.15) is 31.4 Å². The van der Waals surface area contributed by atoms with Gasteiger partial charge < -0.3 is 10.4 Å². The first-order valence-corrected chi connectivity index (χ1v) is 5.58. The average Bonchev–Trinajstić information content (AvgIpc) is 2.85. The summed E-state index contributed by atoms with van der Waals surface area (Å²) in [5, 5.41) is 16.9. The second kappa shape index (κ2) is 4.33. The van der Waals surface area contributed by atoms with Crippen molar-refractivity contribution in [1.29, 1.82) is 0 Å². The second-order valence-corrected chi connectivity index (χ2v) is 4.55. The molecule has 0 aliphatic carbocycles. The first kappa shape index (κ1) is 10.6. The molecule has 0 spiro atoms. The van der Waals surface area contributed by atoms with Crippen LogP contribution in [0, 0.1) is 5.92 Å². The van der Waals surface area contributed by atoms with Gasteiger partial charge in [0.2, 0.25) is 0 Å². The quantitative estimate of drug-likeness (QED) is 0.772. The molecule has 1 aliphatic heterocycles. The minimum absolute atomic E-state index is 0.254. The molecule has 2 N–H and O–H groups in total. The molecule has 15 heavy (non-hydrogen) atoms. The van der Waals surface area contributed by atoms with Gasteiger partial charge in [-0.25, -0.2) is 0 Å². The summed E-state index contributed by atoms with van der Waals surface area (Å²) in [6.07, 6.45) is 4.03. The third-order valence-corrected chi connectivity index (χ3v) is 3.15. The van der Waals surface area contributed by atoms with Gasteiger partial charge in [-0.2, -0.15) is 5.10 Å². The van der Waals surface area contributed by atoms with Gasteiger partial charge in [-0.15, -0.1) is 0 Å². The van der Waals surface area contributed by atoms with Crippen LogP contribution >= 0.6 is 0 Å². The van der Waals surface area contributed by atoms with Crippen LogP contribution in [0.4, 0.5) is 0 Å². The summed E-state index contributed by atoms with van der Waals surface area (Å²) in [6.45, 7) is 6.36. The van der Waals surface area contributed by atoms with Crippen molar-refractivity contribution in [2.75, 3.05) is 19.7 Å². The predicted molar refractivity (Wildman–Crippen MR) is 58.8 cm³/mol. The number of aliphatic hydroxyl groups excluding tert-OH is 1. The van der Waals surface area contributed by atoms with Crippen molar-refractivity contribution in [3.05, 3.63) is 18.0 Å². The van der Waals surface area contributed by atoms with Gasteiger partial charge in [-0.05, 0) is 19.4 Å². The molecule has 1 saturated heterocycles. The van der Waals surface area contributed by atoms with E-state index < -0.39 is 0 Å². The highest BCUT2D eigenvalue weighted by molar-refractivity contribution is 5.16. The summed E-state index contributed by atoms with van der Waals surface area (Å²) >= 11 is 0. The largest absolute Gasteiger partial charge is 0.396 e. The summed E-state index contributed by atoms with van der Waals surface area (Å²) in [4.78, 5) is 0. The highest BCUT2D eigenvalue weighted by atomic mass is 16.3. The van der Waals surface area contributed by atoms with Gasteiger partial charge in [-0.3, -0.25) is 4.68 Å². The van der Waals surface area contributed by atoms with Gasteiger partial charge in [0.1, 0.15) is 0 Å². The van der Waals surface area contributed by atoms with Crippen LogP contribution in [0.3, 0.4) is 0 Å². The molecule has 1 fully saturated rings. The number of aromatic nitrogens is 2. The third kappa shape index (κ3) is 2.06. The van der Waals surface area contributed by atoms with Crippen molar-refractivity contribution >= 4 is 0 Å². The van der Waals surface area contributed by atoms with Gasteiger partial charge in [0.25, 0.3) is 0 Å². The van der Waals surface area contributed by atoms with E-state index in [1.807, 2.05) is 10.9 Å². The van der Waals surface area contributed by atoms with Crippen molar-refractivity contribution in [1.82, 2.24) is 15.1 Å². The molecule has 0 amide bonds. The maximum absolute atomic E-state index is 9.25. The minimum Gasteiger partial charge on any atom is -0.396 e. The van der Waals surface area contributed by atoms with Gasteiger partial charge in [-0.1, -0.05) is 0 Å². The topological polar surface area (TPSA) is 50.1 Å². The molecule has 4 nitrogen and oxygen atoms in total. The molecule has 1 aromatic rings. The lowest BCUT2D eigenvalue weighted by Gasteiger charge is -2.13. The number of hydrogen-bond donors (Lipinski definition) is 2. The fourth-order valence-electron chi connectivity index (χ4n) is 2.14. The summed E-state index contributed by atoms with van der Waals surface area (Å²) in [7, 11) is 0. The van der Waals surface area contributed by atoms with E-state index >= 15 is 0 Å². The fraction of sp³-hybridized carbons (Fsp3) is 0.727. The van der Waals surface area contributed by atoms with Crippen LogP contribution in [-0.2, 0) is 0 Å². The van der Waals surface area contributed by atoms with E-state index in [1.54, 1.807) is 0 Å². The number of nitrogens with zero attached hydrogens (tertiary/aromatic N) is 2. The van der Waals surface area contributed by atoms with Crippen molar-refractivity contribution in [3.63, 3.8) is 0 Å². The molecule has 84 valence electrons. The molecular formula is C11H19N3O. The van der Waals surface area contributed by atoms with Crippen LogP contribution in [0.25, 0.3) is 0 Å². The molecule has 2 rings (SSSR count). The number of rotatable bonds is 3. The Morgan fingerprint density at radius 3 is 3.00 bits per heavy atom. The molecule has 0 aromatic carbocycles. The molecule has 2 heterocycles. The summed E-state index contributed by atoms with van der Waals surface area (Å²) in [6, 6.07) is 0.403. The van der Waals surface area contributed by atoms with E-state index in [2.05, 4.69) is 30.5 Å². The first-order valence-electron chi connectivity index (χ1n) is 5.58. The normalized spacial score (nSPS) is 26.4. The van der Waals surface area contributed by atoms with Crippen molar-refractivity contribution in [2.45, 2.75) is 25.8 Å². The van der Waals surface area contributed by atoms with Crippen molar-refractivity contribution in [3.8, 4) is 0 Å². The van der Waals surface area contributed by atoms with Gasteiger partial charge in [0, 0.05) is 43.8 Å². The highest BCUT2D eigenvalue weighted by Crippen LogP contribution is 2.27. The molecule has 1 aromatic heterocycles. The standard InChI is InChI=1S/C11H19N3O/c1-8(2)14-6-9(4-13-14)11-5-12-3-10(11)7-15/h4,6,8,10-12,15H,3,5,7H2,1-2H3/t10-,11-/m0/s1. The summed E-state index contributed by atoms with van der Waals surface area (Å²) in [5.41, 5.74) is 1.24. The van der Waals surface area contributed by atoms with E-state index in [1.165, 1.54) is 5.56 Å². The molecule has 1 aliphatic rings. The second-order valence-electron chi connectivity index (χ2n) is 4.55. The van der Waals surface area contributed by atoms with Crippen LogP contribution in [-0.4, -0.2) is 34.6 Å². The van der Waals surface area contributed by atoms with Gasteiger partial charge >= 0.3 is 0 Å². The SMILES string of the molecule is CC(C)n1cc([C@@H]2CNC[C@H]2CO)cn1. The van der Waals surface area contributed by atoms with E-state index in [0.717, 1.165) is 13.1 Å². The Hall–Kier alpha value is -0.870. The zero-order chi connectivity index (χ0) is 10.8. The van der Waals surface area contributed by atoms with Crippen LogP contribution in [0.2, 0.25) is 0 Å². The Kier molecular flexibility index (Phi) is 3.07. The van der Waals surface area contributed by atoms with Gasteiger partial charge in [0.05, 0.1) is 6.20 Å². The van der Waals surface area contributed by atoms with Crippen LogP contribution in [0.15, 0.2) is 12.4 Å². The monoisotopic (exact) mass is 209 g/mol. The van der Waals surface area contributed by atoms with Crippen LogP contribution in [0.5, 0.6) is 0 Å². The highest BCUT2D eigenvalue weighted by Gasteiger charge is 2.28. The fourth-order valence-corrected chi connectivity index (χ4v) is 2.14. The number of aliphatic hydroxyl groups is 1. The lowest BCUT2D eigenvalue weighted by molar-refractivity contribution is 0.226. The Morgan fingerprint density at radius 1 is 1.60 bits per heavy atom. The Balaban J connectivity index is 2.14. The number of nitrogens with one attached hydrogen (secondary N) is 1. The van der Waals surface area contributed by atoms with Crippen molar-refractivity contribution < 1.29 is 5.11 Å². The van der Waals surface area contributed by atoms with E-state index in [-0.39, 0.29) is 6.61 Å². The molecule has 0 unspecified atom stereocenters. The maximum Gasteiger partial charge on any atom is 0.0525 e. The molecular weight excluding hydrogens is 190 g/mol. The summed E-state index contributed by atoms with van der Waals surface area (Å²) < 4.78 is 1.97. The Bertz CT molecular complexity index is 321. The smallest absolute Gasteiger partial charge is 0.0525 e. The maximum atomic E-state index is 9.25. The van der Waals surface area contributed by atoms with Crippen molar-refractivity contribution in [2.24, 2.45) is 5.92 Å². The lowest BCUT2D eigenvalue weighted by atomic mass is 9.92. The lowest BCUT2D eigenvalue weighted by Crippen LogP contribution is -2.14. The minimum atomic E-state index is 0.254. The molecule has 0 bridgehead atoms. The molecule has 0 saturated carbocycles. The first-order chi connectivity index (χ1) is 7.22. The number of hydrogen-bond acceptors (Lipinski definition) is 3. The average molecular weight is 209 g/mol. The zero-order valence-corrected chi connectivity index (χ0v) is 9.35. The zero-order valence-electron chi connectivity index (χ0n) is 9.35. The molecule has 4 heteroatoms. The van der Waals surface area contributed by atoms with E-state index in [4.69, 9.17) is 0 Å².